The number of aromatic amines is 1. The zero-order valence-electron chi connectivity index (χ0n) is 13.5. The first kappa shape index (κ1) is 16.1. The van der Waals surface area contributed by atoms with Crippen LogP contribution in [0.25, 0.3) is 10.9 Å². The molecule has 0 unspecified atom stereocenters. The van der Waals surface area contributed by atoms with Gasteiger partial charge in [0.05, 0.1) is 22.3 Å². The molecule has 0 saturated carbocycles. The minimum atomic E-state index is -0.659. The summed E-state index contributed by atoms with van der Waals surface area (Å²) in [6, 6.07) is 7.77. The smallest absolute Gasteiger partial charge is 0.273 e. The lowest BCUT2D eigenvalue weighted by Gasteiger charge is -2.16. The molecule has 4 rings (SSSR count). The van der Waals surface area contributed by atoms with Crippen molar-refractivity contribution in [3.05, 3.63) is 64.0 Å². The molecule has 2 amide bonds. The predicted molar refractivity (Wildman–Crippen MR) is 91.1 cm³/mol. The van der Waals surface area contributed by atoms with Crippen LogP contribution in [0.15, 0.2) is 41.3 Å². The maximum Gasteiger partial charge on any atom is 0.273 e. The van der Waals surface area contributed by atoms with Crippen molar-refractivity contribution in [2.24, 2.45) is 0 Å². The van der Waals surface area contributed by atoms with Crippen LogP contribution in [0.3, 0.4) is 0 Å². The zero-order chi connectivity index (χ0) is 18.3. The number of pyridine rings is 1. The van der Waals surface area contributed by atoms with Gasteiger partial charge in [-0.3, -0.25) is 19.4 Å². The second kappa shape index (κ2) is 6.14. The number of H-pyrrole nitrogens is 1. The molecular formula is C18H13FN4O3. The highest BCUT2D eigenvalue weighted by Gasteiger charge is 2.32. The van der Waals surface area contributed by atoms with E-state index in [2.05, 4.69) is 15.2 Å². The third-order valence-electron chi connectivity index (χ3n) is 4.33. The van der Waals surface area contributed by atoms with Gasteiger partial charge in [-0.15, -0.1) is 0 Å². The number of hydrogen-bond acceptors (Lipinski definition) is 5. The molecular weight excluding hydrogens is 339 g/mol. The summed E-state index contributed by atoms with van der Waals surface area (Å²) in [6.45, 7) is 0. The number of benzene rings is 1. The van der Waals surface area contributed by atoms with Gasteiger partial charge < -0.3 is 0 Å². The van der Waals surface area contributed by atoms with Gasteiger partial charge in [0.25, 0.3) is 5.56 Å². The number of anilines is 1. The van der Waals surface area contributed by atoms with E-state index in [0.717, 1.165) is 4.90 Å². The van der Waals surface area contributed by atoms with Gasteiger partial charge in [-0.2, -0.15) is 5.10 Å². The Morgan fingerprint density at radius 3 is 2.62 bits per heavy atom. The van der Waals surface area contributed by atoms with Crippen molar-refractivity contribution >= 4 is 28.4 Å². The highest BCUT2D eigenvalue weighted by Crippen LogP contribution is 2.28. The Hall–Kier alpha value is -3.42. The Morgan fingerprint density at radius 1 is 1.08 bits per heavy atom. The van der Waals surface area contributed by atoms with E-state index in [9.17, 15) is 18.8 Å². The molecule has 26 heavy (non-hydrogen) atoms. The highest BCUT2D eigenvalue weighted by atomic mass is 19.1. The quantitative estimate of drug-likeness (QED) is 0.724. The second-order valence-corrected chi connectivity index (χ2v) is 5.95. The summed E-state index contributed by atoms with van der Waals surface area (Å²) < 4.78 is 15.0. The highest BCUT2D eigenvalue weighted by molar-refractivity contribution is 6.19. The Balaban J connectivity index is 1.78. The van der Waals surface area contributed by atoms with E-state index in [1.165, 1.54) is 12.3 Å². The summed E-state index contributed by atoms with van der Waals surface area (Å²) in [7, 11) is 0. The number of halogens is 1. The zero-order valence-corrected chi connectivity index (χ0v) is 13.5. The first-order chi connectivity index (χ1) is 12.6. The molecule has 1 aromatic carbocycles. The van der Waals surface area contributed by atoms with Crippen molar-refractivity contribution in [2.45, 2.75) is 19.3 Å². The van der Waals surface area contributed by atoms with Crippen LogP contribution in [-0.4, -0.2) is 27.0 Å². The van der Waals surface area contributed by atoms with Crippen molar-refractivity contribution in [1.29, 1.82) is 0 Å². The maximum absolute atomic E-state index is 15.0. The van der Waals surface area contributed by atoms with Crippen LogP contribution in [-0.2, 0) is 16.0 Å². The monoisotopic (exact) mass is 352 g/mol. The van der Waals surface area contributed by atoms with Crippen LogP contribution in [0.4, 0.5) is 10.1 Å². The molecule has 7 nitrogen and oxygen atoms in total. The van der Waals surface area contributed by atoms with Gasteiger partial charge in [-0.25, -0.2) is 14.4 Å². The second-order valence-electron chi connectivity index (χ2n) is 5.95. The molecule has 0 aliphatic carbocycles. The van der Waals surface area contributed by atoms with Crippen LogP contribution < -0.4 is 10.5 Å². The van der Waals surface area contributed by atoms with E-state index in [1.54, 1.807) is 24.3 Å². The molecule has 130 valence electrons. The van der Waals surface area contributed by atoms with Crippen molar-refractivity contribution < 1.29 is 14.0 Å². The van der Waals surface area contributed by atoms with Crippen LogP contribution in [0.5, 0.6) is 0 Å². The molecule has 2 aromatic heterocycles. The molecule has 0 radical (unpaired) electrons. The van der Waals surface area contributed by atoms with E-state index < -0.39 is 17.6 Å². The first-order valence-electron chi connectivity index (χ1n) is 8.01. The predicted octanol–water partition coefficient (Wildman–Crippen LogP) is 1.70. The summed E-state index contributed by atoms with van der Waals surface area (Å²) in [4.78, 5) is 40.7. The first-order valence-corrected chi connectivity index (χ1v) is 8.01. The Labute approximate surface area is 146 Å². The molecule has 0 atom stereocenters. The molecule has 1 aliphatic rings. The minimum Gasteiger partial charge on any atom is -0.274 e. The molecule has 1 fully saturated rings. The van der Waals surface area contributed by atoms with Crippen molar-refractivity contribution in [1.82, 2.24) is 15.2 Å². The average Bonchev–Trinajstić information content (AvgIpc) is 2.98. The SMILES string of the molecule is O=C1CCC(=O)N1c1cccc(Cc2n[nH]c(=O)c3cccnc23)c1F. The molecule has 3 heterocycles. The molecule has 1 saturated heterocycles. The summed E-state index contributed by atoms with van der Waals surface area (Å²) in [5, 5.41) is 6.73. The Morgan fingerprint density at radius 2 is 1.85 bits per heavy atom. The lowest BCUT2D eigenvalue weighted by Crippen LogP contribution is -2.29. The molecule has 0 spiro atoms. The third kappa shape index (κ3) is 2.55. The van der Waals surface area contributed by atoms with Gasteiger partial charge in [0, 0.05) is 25.5 Å². The van der Waals surface area contributed by atoms with E-state index in [4.69, 9.17) is 0 Å². The number of carbonyl (C=O) groups is 2. The number of nitrogens with one attached hydrogen (secondary N) is 1. The Kier molecular flexibility index (Phi) is 3.80. The normalized spacial score (nSPS) is 14.4. The molecule has 1 N–H and O–H groups in total. The largest absolute Gasteiger partial charge is 0.274 e. The minimum absolute atomic E-state index is 0.0557. The van der Waals surface area contributed by atoms with E-state index >= 15 is 0 Å². The molecule has 0 bridgehead atoms. The standard InChI is InChI=1S/C18H13FN4O3/c19-16-10(3-1-5-13(16)23-14(24)6-7-15(23)25)9-12-17-11(4-2-8-20-17)18(26)22-21-12/h1-5,8H,6-7,9H2,(H,22,26). The molecule has 1 aliphatic heterocycles. The number of hydrogen-bond donors (Lipinski definition) is 1. The number of fused-ring (bicyclic) bond motifs is 1. The summed E-state index contributed by atoms with van der Waals surface area (Å²) >= 11 is 0. The number of rotatable bonds is 3. The van der Waals surface area contributed by atoms with Crippen molar-refractivity contribution in [2.75, 3.05) is 4.90 Å². The van der Waals surface area contributed by atoms with Crippen LogP contribution in [0, 0.1) is 5.82 Å². The van der Waals surface area contributed by atoms with Gasteiger partial charge in [0.15, 0.2) is 5.82 Å². The fraction of sp³-hybridized carbons (Fsp3) is 0.167. The fourth-order valence-corrected chi connectivity index (χ4v) is 3.07. The number of imide groups is 1. The number of aromatic nitrogens is 3. The van der Waals surface area contributed by atoms with E-state index in [1.807, 2.05) is 0 Å². The van der Waals surface area contributed by atoms with Crippen LogP contribution >= 0.6 is 0 Å². The summed E-state index contributed by atoms with van der Waals surface area (Å²) in [6.07, 6.45) is 1.75. The Bertz CT molecular complexity index is 1090. The number of nitrogens with zero attached hydrogens (tertiary/aromatic N) is 3. The average molecular weight is 352 g/mol. The van der Waals surface area contributed by atoms with Crippen molar-refractivity contribution in [3.63, 3.8) is 0 Å². The van der Waals surface area contributed by atoms with Gasteiger partial charge in [-0.05, 0) is 23.8 Å². The lowest BCUT2D eigenvalue weighted by molar-refractivity contribution is -0.121. The third-order valence-corrected chi connectivity index (χ3v) is 4.33. The maximum atomic E-state index is 15.0. The fourth-order valence-electron chi connectivity index (χ4n) is 3.07. The van der Waals surface area contributed by atoms with Crippen molar-refractivity contribution in [3.8, 4) is 0 Å². The van der Waals surface area contributed by atoms with Gasteiger partial charge in [0.1, 0.15) is 0 Å². The van der Waals surface area contributed by atoms with Gasteiger partial charge in [0.2, 0.25) is 11.8 Å². The van der Waals surface area contributed by atoms with E-state index in [-0.39, 0.29) is 36.1 Å². The summed E-state index contributed by atoms with van der Waals surface area (Å²) in [5.41, 5.74) is 0.599. The van der Waals surface area contributed by atoms with E-state index in [0.29, 0.717) is 16.6 Å². The molecule has 8 heteroatoms. The lowest BCUT2D eigenvalue weighted by atomic mass is 10.1. The number of amides is 2. The van der Waals surface area contributed by atoms with Gasteiger partial charge >= 0.3 is 0 Å². The summed E-state index contributed by atoms with van der Waals surface area (Å²) in [5.74, 6) is -1.49. The molecule has 3 aromatic rings. The van der Waals surface area contributed by atoms with Crippen LogP contribution in [0.1, 0.15) is 24.1 Å². The van der Waals surface area contributed by atoms with Crippen LogP contribution in [0.2, 0.25) is 0 Å². The van der Waals surface area contributed by atoms with Gasteiger partial charge in [-0.1, -0.05) is 12.1 Å². The number of carbonyl (C=O) groups excluding carboxylic acids is 2. The topological polar surface area (TPSA) is 96.0 Å².